The second kappa shape index (κ2) is 8.96. The molecule has 0 fully saturated rings. The summed E-state index contributed by atoms with van der Waals surface area (Å²) in [5.41, 5.74) is 1.73. The molecule has 0 saturated heterocycles. The summed E-state index contributed by atoms with van der Waals surface area (Å²) in [5.74, 6) is -1.42. The number of hydrogen-bond acceptors (Lipinski definition) is 8. The van der Waals surface area contributed by atoms with Crippen LogP contribution in [-0.2, 0) is 16.6 Å². The van der Waals surface area contributed by atoms with Crippen LogP contribution in [0.25, 0.3) is 21.6 Å². The van der Waals surface area contributed by atoms with Crippen LogP contribution in [0.4, 0.5) is 11.4 Å². The lowest BCUT2D eigenvalue weighted by Crippen LogP contribution is -2.21. The van der Waals surface area contributed by atoms with Crippen molar-refractivity contribution in [3.8, 4) is 10.6 Å². The van der Waals surface area contributed by atoms with Crippen molar-refractivity contribution in [1.29, 1.82) is 0 Å². The van der Waals surface area contributed by atoms with Crippen molar-refractivity contribution in [3.05, 3.63) is 68.2 Å². The Hall–Kier alpha value is -3.83. The van der Waals surface area contributed by atoms with Crippen LogP contribution in [-0.4, -0.2) is 38.2 Å². The highest BCUT2D eigenvalue weighted by Gasteiger charge is 2.22. The van der Waals surface area contributed by atoms with E-state index in [1.807, 2.05) is 17.5 Å². The number of pyridine rings is 1. The summed E-state index contributed by atoms with van der Waals surface area (Å²) in [6.45, 7) is 1.14. The van der Waals surface area contributed by atoms with Crippen molar-refractivity contribution in [1.82, 2.24) is 14.8 Å². The lowest BCUT2D eigenvalue weighted by Gasteiger charge is -2.09. The second-order valence-electron chi connectivity index (χ2n) is 6.99. The zero-order chi connectivity index (χ0) is 23.7. The fraction of sp³-hybridized carbons (Fsp3) is 0.143. The van der Waals surface area contributed by atoms with Gasteiger partial charge in [-0.15, -0.1) is 11.3 Å². The third-order valence-electron chi connectivity index (χ3n) is 4.73. The number of amides is 1. The van der Waals surface area contributed by atoms with Crippen molar-refractivity contribution in [2.24, 2.45) is 7.05 Å². The highest BCUT2D eigenvalue weighted by molar-refractivity contribution is 7.13. The highest BCUT2D eigenvalue weighted by Crippen LogP contribution is 2.30. The summed E-state index contributed by atoms with van der Waals surface area (Å²) in [6.07, 6.45) is 0. The molecule has 0 aliphatic heterocycles. The molecule has 0 saturated carbocycles. The molecule has 0 spiro atoms. The van der Waals surface area contributed by atoms with Gasteiger partial charge in [-0.2, -0.15) is 5.10 Å². The third-order valence-corrected chi connectivity index (χ3v) is 5.95. The fourth-order valence-corrected chi connectivity index (χ4v) is 4.13. The van der Waals surface area contributed by atoms with E-state index >= 15 is 0 Å². The predicted octanol–water partition coefficient (Wildman–Crippen LogP) is 4.36. The number of anilines is 1. The van der Waals surface area contributed by atoms with Gasteiger partial charge in [0.15, 0.2) is 12.3 Å². The average Bonchev–Trinajstić information content (AvgIpc) is 3.41. The number of hydrogen-bond donors (Lipinski definition) is 1. The Balaban J connectivity index is 1.56. The molecule has 0 aliphatic carbocycles. The molecule has 0 aliphatic rings. The Morgan fingerprint density at radius 1 is 1.30 bits per heavy atom. The number of nitro groups is 1. The number of carbonyl (C=O) groups excluding carboxylic acids is 2. The number of nitro benzene ring substituents is 1. The summed E-state index contributed by atoms with van der Waals surface area (Å²) >= 11 is 7.47. The molecule has 3 aromatic heterocycles. The number of esters is 1. The number of non-ortho nitro benzene ring substituents is 1. The minimum atomic E-state index is -0.725. The molecule has 10 nitrogen and oxygen atoms in total. The molecule has 12 heteroatoms. The van der Waals surface area contributed by atoms with Gasteiger partial charge < -0.3 is 10.1 Å². The van der Waals surface area contributed by atoms with Crippen molar-refractivity contribution in [3.63, 3.8) is 0 Å². The van der Waals surface area contributed by atoms with Crippen LogP contribution in [0.1, 0.15) is 16.1 Å². The molecule has 0 radical (unpaired) electrons. The topological polar surface area (TPSA) is 129 Å². The number of aromatic nitrogens is 3. The number of aryl methyl sites for hydroxylation is 2. The van der Waals surface area contributed by atoms with E-state index in [0.29, 0.717) is 22.4 Å². The number of nitrogens with zero attached hydrogens (tertiary/aromatic N) is 4. The van der Waals surface area contributed by atoms with Crippen molar-refractivity contribution >= 4 is 57.2 Å². The smallest absolute Gasteiger partial charge is 0.339 e. The van der Waals surface area contributed by atoms with E-state index in [9.17, 15) is 19.7 Å². The van der Waals surface area contributed by atoms with E-state index in [1.165, 1.54) is 23.5 Å². The molecule has 0 unspecified atom stereocenters. The first-order chi connectivity index (χ1) is 15.7. The van der Waals surface area contributed by atoms with Gasteiger partial charge in [0, 0.05) is 19.2 Å². The largest absolute Gasteiger partial charge is 0.452 e. The average molecular weight is 486 g/mol. The Morgan fingerprint density at radius 3 is 2.79 bits per heavy atom. The van der Waals surface area contributed by atoms with Gasteiger partial charge >= 0.3 is 5.97 Å². The van der Waals surface area contributed by atoms with E-state index in [0.717, 1.165) is 10.9 Å². The lowest BCUT2D eigenvalue weighted by molar-refractivity contribution is -0.384. The molecule has 4 aromatic rings. The molecule has 1 aromatic carbocycles. The van der Waals surface area contributed by atoms with Crippen molar-refractivity contribution in [2.75, 3.05) is 11.9 Å². The van der Waals surface area contributed by atoms with E-state index < -0.39 is 23.4 Å². The van der Waals surface area contributed by atoms with E-state index in [4.69, 9.17) is 16.3 Å². The molecule has 0 atom stereocenters. The molecule has 33 heavy (non-hydrogen) atoms. The molecule has 4 rings (SSSR count). The molecule has 168 valence electrons. The standard InChI is InChI=1S/C21H16ClN5O5S/c1-11-19-13(9-16(17-4-3-7-33-17)24-20(19)26(2)25-11)21(29)32-10-18(28)23-15-8-12(27(30)31)5-6-14(15)22/h3-9H,10H2,1-2H3,(H,23,28). The molecular weight excluding hydrogens is 470 g/mol. The van der Waals surface area contributed by atoms with Gasteiger partial charge in [-0.05, 0) is 30.5 Å². The van der Waals surface area contributed by atoms with Crippen LogP contribution in [0.15, 0.2) is 41.8 Å². The van der Waals surface area contributed by atoms with Crippen molar-refractivity contribution in [2.45, 2.75) is 6.92 Å². The zero-order valence-corrected chi connectivity index (χ0v) is 18.9. The van der Waals surface area contributed by atoms with Crippen molar-refractivity contribution < 1.29 is 19.2 Å². The van der Waals surface area contributed by atoms with Crippen LogP contribution < -0.4 is 5.32 Å². The summed E-state index contributed by atoms with van der Waals surface area (Å²) in [4.78, 5) is 41.1. The first-order valence-corrected chi connectivity index (χ1v) is 10.8. The predicted molar refractivity (Wildman–Crippen MR) is 124 cm³/mol. The second-order valence-corrected chi connectivity index (χ2v) is 8.34. The lowest BCUT2D eigenvalue weighted by atomic mass is 10.1. The summed E-state index contributed by atoms with van der Waals surface area (Å²) in [6, 6.07) is 9.01. The number of carbonyl (C=O) groups is 2. The van der Waals surface area contributed by atoms with Crippen LogP contribution in [0, 0.1) is 17.0 Å². The number of rotatable bonds is 6. The van der Waals surface area contributed by atoms with E-state index in [-0.39, 0.29) is 22.0 Å². The van der Waals surface area contributed by atoms with Crippen LogP contribution >= 0.6 is 22.9 Å². The summed E-state index contributed by atoms with van der Waals surface area (Å²) in [7, 11) is 1.73. The Labute approximate surface area is 195 Å². The van der Waals surface area contributed by atoms with Crippen LogP contribution in [0.3, 0.4) is 0 Å². The molecular formula is C21H16ClN5O5S. The number of nitrogens with one attached hydrogen (secondary N) is 1. The Bertz CT molecular complexity index is 1400. The van der Waals surface area contributed by atoms with Gasteiger partial charge in [0.1, 0.15) is 0 Å². The first-order valence-electron chi connectivity index (χ1n) is 9.53. The SMILES string of the molecule is Cc1nn(C)c2nc(-c3cccs3)cc(C(=O)OCC(=O)Nc3cc([N+](=O)[O-])ccc3Cl)c12. The van der Waals surface area contributed by atoms with Crippen LogP contribution in [0.5, 0.6) is 0 Å². The van der Waals surface area contributed by atoms with Gasteiger partial charge in [0.25, 0.3) is 11.6 Å². The quantitative estimate of drug-likeness (QED) is 0.244. The molecule has 0 bridgehead atoms. The Morgan fingerprint density at radius 2 is 2.09 bits per heavy atom. The number of fused-ring (bicyclic) bond motifs is 1. The minimum Gasteiger partial charge on any atom is -0.452 e. The fourth-order valence-electron chi connectivity index (χ4n) is 3.27. The maximum Gasteiger partial charge on any atom is 0.339 e. The monoisotopic (exact) mass is 485 g/mol. The third kappa shape index (κ3) is 4.54. The normalized spacial score (nSPS) is 10.9. The maximum absolute atomic E-state index is 12.9. The van der Waals surface area contributed by atoms with Gasteiger partial charge in [-0.1, -0.05) is 17.7 Å². The van der Waals surface area contributed by atoms with Gasteiger partial charge in [-0.25, -0.2) is 9.78 Å². The van der Waals surface area contributed by atoms with E-state index in [2.05, 4.69) is 15.4 Å². The van der Waals surface area contributed by atoms with Gasteiger partial charge in [0.2, 0.25) is 0 Å². The zero-order valence-electron chi connectivity index (χ0n) is 17.4. The number of thiophene rings is 1. The first kappa shape index (κ1) is 22.4. The summed E-state index contributed by atoms with van der Waals surface area (Å²) in [5, 5.41) is 20.2. The van der Waals surface area contributed by atoms with Crippen LogP contribution in [0.2, 0.25) is 5.02 Å². The van der Waals surface area contributed by atoms with Gasteiger partial charge in [0.05, 0.1) is 42.8 Å². The van der Waals surface area contributed by atoms with Gasteiger partial charge in [-0.3, -0.25) is 19.6 Å². The Kier molecular flexibility index (Phi) is 6.07. The molecule has 1 N–H and O–H groups in total. The molecule has 1 amide bonds. The number of ether oxygens (including phenoxy) is 1. The highest BCUT2D eigenvalue weighted by atomic mass is 35.5. The number of halogens is 1. The number of benzene rings is 1. The van der Waals surface area contributed by atoms with E-state index in [1.54, 1.807) is 24.7 Å². The maximum atomic E-state index is 12.9. The summed E-state index contributed by atoms with van der Waals surface area (Å²) < 4.78 is 6.81. The molecule has 3 heterocycles. The minimum absolute atomic E-state index is 0.0429.